The summed E-state index contributed by atoms with van der Waals surface area (Å²) in [4.78, 5) is 4.51. The lowest BCUT2D eigenvalue weighted by Gasteiger charge is -2.06. The zero-order valence-corrected chi connectivity index (χ0v) is 11.5. The van der Waals surface area contributed by atoms with E-state index in [4.69, 9.17) is 15.2 Å². The van der Waals surface area contributed by atoms with Crippen molar-refractivity contribution < 1.29 is 9.47 Å². The van der Waals surface area contributed by atoms with E-state index in [1.54, 1.807) is 25.6 Å². The van der Waals surface area contributed by atoms with Crippen molar-refractivity contribution in [1.29, 1.82) is 0 Å². The summed E-state index contributed by atoms with van der Waals surface area (Å²) in [6.45, 7) is 1.92. The van der Waals surface area contributed by atoms with Gasteiger partial charge in [-0.15, -0.1) is 11.3 Å². The number of aromatic nitrogens is 1. The molecule has 0 amide bonds. The maximum atomic E-state index is 5.81. The van der Waals surface area contributed by atoms with E-state index in [0.29, 0.717) is 0 Å². The quantitative estimate of drug-likeness (QED) is 0.922. The monoisotopic (exact) mass is 264 g/mol. The second-order valence-corrected chi connectivity index (χ2v) is 4.83. The zero-order chi connectivity index (χ0) is 13.1. The lowest BCUT2D eigenvalue weighted by molar-refractivity contribution is 0.394. The second kappa shape index (κ2) is 5.37. The molecule has 1 heterocycles. The van der Waals surface area contributed by atoms with Gasteiger partial charge in [0.25, 0.3) is 0 Å². The summed E-state index contributed by atoms with van der Waals surface area (Å²) >= 11 is 1.57. The predicted octanol–water partition coefficient (Wildman–Crippen LogP) is 2.85. The third kappa shape index (κ3) is 2.63. The Morgan fingerprint density at radius 1 is 1.17 bits per heavy atom. The van der Waals surface area contributed by atoms with Crippen molar-refractivity contribution in [3.63, 3.8) is 0 Å². The number of thiazole rings is 1. The predicted molar refractivity (Wildman–Crippen MR) is 73.3 cm³/mol. The van der Waals surface area contributed by atoms with Gasteiger partial charge in [0.15, 0.2) is 0 Å². The van der Waals surface area contributed by atoms with Gasteiger partial charge >= 0.3 is 0 Å². The molecule has 2 aromatic rings. The summed E-state index contributed by atoms with van der Waals surface area (Å²) in [5, 5.41) is 2.89. The first-order valence-corrected chi connectivity index (χ1v) is 6.46. The largest absolute Gasteiger partial charge is 0.497 e. The van der Waals surface area contributed by atoms with Crippen molar-refractivity contribution in [2.45, 2.75) is 13.0 Å². The lowest BCUT2D eigenvalue weighted by Crippen LogP contribution is -2.04. The van der Waals surface area contributed by atoms with Gasteiger partial charge in [0.2, 0.25) is 0 Å². The number of hydrogen-bond acceptors (Lipinski definition) is 5. The molecule has 0 fully saturated rings. The number of nitrogens with zero attached hydrogens (tertiary/aromatic N) is 1. The van der Waals surface area contributed by atoms with Gasteiger partial charge in [-0.1, -0.05) is 0 Å². The molecule has 1 unspecified atom stereocenters. The van der Waals surface area contributed by atoms with Crippen LogP contribution >= 0.6 is 11.3 Å². The fourth-order valence-corrected chi connectivity index (χ4v) is 2.47. The van der Waals surface area contributed by atoms with E-state index in [0.717, 1.165) is 27.8 Å². The van der Waals surface area contributed by atoms with Crippen LogP contribution in [0.15, 0.2) is 23.6 Å². The van der Waals surface area contributed by atoms with Crippen LogP contribution in [0.4, 0.5) is 0 Å². The Balaban J connectivity index is 2.42. The van der Waals surface area contributed by atoms with Crippen LogP contribution in [-0.4, -0.2) is 19.2 Å². The Labute approximate surface area is 110 Å². The lowest BCUT2D eigenvalue weighted by atomic mass is 10.2. The fraction of sp³-hybridized carbons (Fsp3) is 0.308. The van der Waals surface area contributed by atoms with E-state index in [1.807, 2.05) is 30.5 Å². The smallest absolute Gasteiger partial charge is 0.123 e. The van der Waals surface area contributed by atoms with Gasteiger partial charge in [0, 0.05) is 23.1 Å². The third-order valence-corrected chi connectivity index (χ3v) is 3.50. The highest BCUT2D eigenvalue weighted by atomic mass is 32.1. The summed E-state index contributed by atoms with van der Waals surface area (Å²) in [6, 6.07) is 5.66. The van der Waals surface area contributed by atoms with E-state index < -0.39 is 0 Å². The Kier molecular flexibility index (Phi) is 3.84. The molecule has 1 aromatic carbocycles. The number of hydrogen-bond donors (Lipinski definition) is 1. The topological polar surface area (TPSA) is 57.4 Å². The van der Waals surface area contributed by atoms with Crippen LogP contribution in [0.3, 0.4) is 0 Å². The summed E-state index contributed by atoms with van der Waals surface area (Å²) < 4.78 is 10.5. The molecule has 2 N–H and O–H groups in total. The van der Waals surface area contributed by atoms with Crippen molar-refractivity contribution >= 4 is 11.3 Å². The third-order valence-electron chi connectivity index (χ3n) is 2.59. The minimum Gasteiger partial charge on any atom is -0.497 e. The van der Waals surface area contributed by atoms with Gasteiger partial charge in [0.05, 0.1) is 19.9 Å². The molecule has 0 bridgehead atoms. The molecular formula is C13H16N2O2S. The molecule has 5 heteroatoms. The molecule has 4 nitrogen and oxygen atoms in total. The zero-order valence-electron chi connectivity index (χ0n) is 10.6. The molecule has 18 heavy (non-hydrogen) atoms. The number of ether oxygens (including phenoxy) is 2. The van der Waals surface area contributed by atoms with E-state index >= 15 is 0 Å². The molecule has 0 aliphatic carbocycles. The van der Waals surface area contributed by atoms with Gasteiger partial charge in [0.1, 0.15) is 16.5 Å². The number of benzene rings is 1. The van der Waals surface area contributed by atoms with Crippen LogP contribution < -0.4 is 15.2 Å². The van der Waals surface area contributed by atoms with Crippen molar-refractivity contribution in [3.8, 4) is 22.1 Å². The highest BCUT2D eigenvalue weighted by Gasteiger charge is 2.10. The average molecular weight is 264 g/mol. The SMILES string of the molecule is COc1cc(OC)cc(-c2nc(C(C)N)cs2)c1. The summed E-state index contributed by atoms with van der Waals surface area (Å²) in [5.74, 6) is 1.50. The van der Waals surface area contributed by atoms with E-state index in [9.17, 15) is 0 Å². The van der Waals surface area contributed by atoms with E-state index in [2.05, 4.69) is 4.98 Å². The Bertz CT molecular complexity index is 515. The van der Waals surface area contributed by atoms with Crippen LogP contribution in [0.2, 0.25) is 0 Å². The van der Waals surface area contributed by atoms with Crippen LogP contribution in [-0.2, 0) is 0 Å². The molecule has 0 saturated heterocycles. The standard InChI is InChI=1S/C13H16N2O2S/c1-8(14)12-7-18-13(15-12)9-4-10(16-2)6-11(5-9)17-3/h4-8H,14H2,1-3H3. The van der Waals surface area contributed by atoms with Crippen LogP contribution in [0.25, 0.3) is 10.6 Å². The molecule has 0 saturated carbocycles. The van der Waals surface area contributed by atoms with Gasteiger partial charge < -0.3 is 15.2 Å². The van der Waals surface area contributed by atoms with E-state index in [1.165, 1.54) is 0 Å². The van der Waals surface area contributed by atoms with Gasteiger partial charge in [-0.3, -0.25) is 0 Å². The molecule has 0 aliphatic heterocycles. The molecule has 96 valence electrons. The Hall–Kier alpha value is -1.59. The fourth-order valence-electron chi connectivity index (χ4n) is 1.56. The van der Waals surface area contributed by atoms with E-state index in [-0.39, 0.29) is 6.04 Å². The molecule has 0 spiro atoms. The van der Waals surface area contributed by atoms with Crippen molar-refractivity contribution in [2.24, 2.45) is 5.73 Å². The molecule has 0 radical (unpaired) electrons. The minimum atomic E-state index is -0.0532. The first-order chi connectivity index (χ1) is 8.63. The first-order valence-electron chi connectivity index (χ1n) is 5.58. The molecule has 1 aromatic heterocycles. The van der Waals surface area contributed by atoms with Crippen LogP contribution in [0, 0.1) is 0 Å². The normalized spacial score (nSPS) is 12.2. The molecule has 0 aliphatic rings. The van der Waals surface area contributed by atoms with Crippen LogP contribution in [0.1, 0.15) is 18.7 Å². The van der Waals surface area contributed by atoms with Crippen LogP contribution in [0.5, 0.6) is 11.5 Å². The maximum Gasteiger partial charge on any atom is 0.123 e. The molecule has 2 rings (SSSR count). The van der Waals surface area contributed by atoms with Crippen molar-refractivity contribution in [1.82, 2.24) is 4.98 Å². The van der Waals surface area contributed by atoms with Crippen molar-refractivity contribution in [2.75, 3.05) is 14.2 Å². The summed E-state index contributed by atoms with van der Waals surface area (Å²) in [7, 11) is 3.27. The second-order valence-electron chi connectivity index (χ2n) is 3.97. The minimum absolute atomic E-state index is 0.0532. The maximum absolute atomic E-state index is 5.81. The number of methoxy groups -OCH3 is 2. The van der Waals surface area contributed by atoms with Gasteiger partial charge in [-0.05, 0) is 19.1 Å². The summed E-state index contributed by atoms with van der Waals surface area (Å²) in [5.41, 5.74) is 7.69. The average Bonchev–Trinajstić information content (AvgIpc) is 2.87. The molecular weight excluding hydrogens is 248 g/mol. The summed E-state index contributed by atoms with van der Waals surface area (Å²) in [6.07, 6.45) is 0. The highest BCUT2D eigenvalue weighted by molar-refractivity contribution is 7.13. The van der Waals surface area contributed by atoms with Gasteiger partial charge in [-0.25, -0.2) is 4.98 Å². The number of rotatable bonds is 4. The first kappa shape index (κ1) is 12.9. The number of nitrogens with two attached hydrogens (primary N) is 1. The van der Waals surface area contributed by atoms with Gasteiger partial charge in [-0.2, -0.15) is 0 Å². The molecule has 1 atom stereocenters. The van der Waals surface area contributed by atoms with Crippen molar-refractivity contribution in [3.05, 3.63) is 29.3 Å². The Morgan fingerprint density at radius 2 is 1.78 bits per heavy atom. The highest BCUT2D eigenvalue weighted by Crippen LogP contribution is 2.32. The Morgan fingerprint density at radius 3 is 2.22 bits per heavy atom.